The van der Waals surface area contributed by atoms with Crippen LogP contribution in [0.15, 0.2) is 18.2 Å². The van der Waals surface area contributed by atoms with Crippen LogP contribution in [0.1, 0.15) is 42.9 Å². The number of hydrogen-bond acceptors (Lipinski definition) is 1. The molecule has 110 valence electrons. The predicted octanol–water partition coefficient (Wildman–Crippen LogP) is 3.43. The van der Waals surface area contributed by atoms with Crippen molar-refractivity contribution in [3.05, 3.63) is 34.9 Å². The number of carbonyl (C=O) groups excluding carboxylic acids is 1. The molecule has 2 heteroatoms. The van der Waals surface area contributed by atoms with E-state index in [1.54, 1.807) is 0 Å². The maximum atomic E-state index is 12.8. The summed E-state index contributed by atoms with van der Waals surface area (Å²) in [6.07, 6.45) is 4.10. The molecule has 0 amide bonds. The molecule has 2 nitrogen and oxygen atoms in total. The van der Waals surface area contributed by atoms with E-state index in [1.807, 2.05) is 0 Å². The number of aryl methyl sites for hydroxylation is 2. The van der Waals surface area contributed by atoms with Gasteiger partial charge in [0.1, 0.15) is 6.04 Å². The van der Waals surface area contributed by atoms with Gasteiger partial charge in [0.05, 0.1) is 20.1 Å². The Balaban J connectivity index is 2.18. The van der Waals surface area contributed by atoms with Crippen molar-refractivity contribution in [3.8, 4) is 0 Å². The molecule has 1 aliphatic rings. The van der Waals surface area contributed by atoms with Crippen LogP contribution in [0.3, 0.4) is 0 Å². The number of quaternary nitrogens is 1. The maximum absolute atomic E-state index is 12.8. The summed E-state index contributed by atoms with van der Waals surface area (Å²) in [6.45, 7) is 8.72. The molecule has 0 aromatic heterocycles. The molecule has 1 unspecified atom stereocenters. The van der Waals surface area contributed by atoms with E-state index in [4.69, 9.17) is 0 Å². The largest absolute Gasteiger partial charge is 0.317 e. The molecular formula is C18H28NO+. The van der Waals surface area contributed by atoms with E-state index in [0.717, 1.165) is 24.0 Å². The Morgan fingerprint density at radius 2 is 1.75 bits per heavy atom. The molecule has 0 spiro atoms. The summed E-state index contributed by atoms with van der Waals surface area (Å²) < 4.78 is 0.959. The molecule has 2 rings (SSSR count). The number of carbonyl (C=O) groups is 1. The van der Waals surface area contributed by atoms with Crippen molar-refractivity contribution in [2.24, 2.45) is 0 Å². The van der Waals surface area contributed by atoms with E-state index in [9.17, 15) is 4.79 Å². The fraction of sp³-hybridized carbons (Fsp3) is 0.611. The van der Waals surface area contributed by atoms with Gasteiger partial charge in [-0.1, -0.05) is 25.1 Å². The van der Waals surface area contributed by atoms with Crippen LogP contribution in [0.5, 0.6) is 0 Å². The topological polar surface area (TPSA) is 17.1 Å². The minimum absolute atomic E-state index is 0.177. The second-order valence-corrected chi connectivity index (χ2v) is 6.57. The van der Waals surface area contributed by atoms with Gasteiger partial charge in [0.15, 0.2) is 5.78 Å². The first kappa shape index (κ1) is 15.2. The average molecular weight is 274 g/mol. The lowest BCUT2D eigenvalue weighted by Crippen LogP contribution is -2.54. The van der Waals surface area contributed by atoms with Crippen molar-refractivity contribution in [2.75, 3.05) is 20.1 Å². The normalized spacial score (nSPS) is 19.0. The summed E-state index contributed by atoms with van der Waals surface area (Å²) in [5, 5.41) is 0. The standard InChI is InChI=1S/C18H28NO/c1-5-17(19(4)11-6-7-12-19)18(20)13-16-14(2)9-8-10-15(16)3/h8-10,17H,5-7,11-13H2,1-4H3/q+1. The number of nitrogens with zero attached hydrogens (tertiary/aromatic N) is 1. The van der Waals surface area contributed by atoms with Gasteiger partial charge >= 0.3 is 0 Å². The summed E-state index contributed by atoms with van der Waals surface area (Å²) in [5.41, 5.74) is 3.73. The van der Waals surface area contributed by atoms with Crippen molar-refractivity contribution >= 4 is 5.78 Å². The number of ketones is 1. The van der Waals surface area contributed by atoms with Crippen molar-refractivity contribution in [1.29, 1.82) is 0 Å². The Kier molecular flexibility index (Phi) is 4.64. The van der Waals surface area contributed by atoms with Crippen LogP contribution in [0, 0.1) is 13.8 Å². The second kappa shape index (κ2) is 6.09. The Morgan fingerprint density at radius 3 is 2.25 bits per heavy atom. The number of hydrogen-bond donors (Lipinski definition) is 0. The van der Waals surface area contributed by atoms with Crippen molar-refractivity contribution in [2.45, 2.75) is 52.5 Å². The predicted molar refractivity (Wildman–Crippen MR) is 83.9 cm³/mol. The fourth-order valence-corrected chi connectivity index (χ4v) is 3.81. The number of rotatable bonds is 5. The van der Waals surface area contributed by atoms with Crippen LogP contribution < -0.4 is 0 Å². The third kappa shape index (κ3) is 2.95. The lowest BCUT2D eigenvalue weighted by Gasteiger charge is -2.36. The third-order valence-electron chi connectivity index (χ3n) is 5.09. The van der Waals surface area contributed by atoms with Crippen LogP contribution in [-0.4, -0.2) is 36.4 Å². The molecule has 0 saturated carbocycles. The van der Waals surface area contributed by atoms with Crippen LogP contribution in [0.4, 0.5) is 0 Å². The fourth-order valence-electron chi connectivity index (χ4n) is 3.81. The molecule has 1 atom stereocenters. The molecule has 1 fully saturated rings. The molecule has 1 aromatic carbocycles. The van der Waals surface area contributed by atoms with Gasteiger partial charge in [0, 0.05) is 25.7 Å². The first-order valence-electron chi connectivity index (χ1n) is 7.90. The van der Waals surface area contributed by atoms with Crippen LogP contribution in [-0.2, 0) is 11.2 Å². The van der Waals surface area contributed by atoms with Crippen LogP contribution in [0.2, 0.25) is 0 Å². The summed E-state index contributed by atoms with van der Waals surface area (Å²) in [4.78, 5) is 12.8. The minimum Gasteiger partial charge on any atom is -0.317 e. The zero-order valence-corrected chi connectivity index (χ0v) is 13.4. The van der Waals surface area contributed by atoms with E-state index >= 15 is 0 Å². The van der Waals surface area contributed by atoms with Crippen molar-refractivity contribution in [1.82, 2.24) is 0 Å². The number of likely N-dealkylation sites (N-methyl/N-ethyl adjacent to an activating group) is 1. The monoisotopic (exact) mass is 274 g/mol. The lowest BCUT2D eigenvalue weighted by molar-refractivity contribution is -0.913. The molecule has 0 bridgehead atoms. The SMILES string of the molecule is CCC(C(=O)Cc1c(C)cccc1C)[N+]1(C)CCCC1. The van der Waals surface area contributed by atoms with Gasteiger partial charge in [-0.15, -0.1) is 0 Å². The lowest BCUT2D eigenvalue weighted by atomic mass is 9.93. The second-order valence-electron chi connectivity index (χ2n) is 6.57. The summed E-state index contributed by atoms with van der Waals surface area (Å²) in [7, 11) is 2.27. The van der Waals surface area contributed by atoms with Gasteiger partial charge in [-0.2, -0.15) is 0 Å². The zero-order chi connectivity index (χ0) is 14.8. The van der Waals surface area contributed by atoms with Gasteiger partial charge in [-0.25, -0.2) is 0 Å². The molecule has 1 saturated heterocycles. The molecule has 0 N–H and O–H groups in total. The summed E-state index contributed by atoms with van der Waals surface area (Å²) in [5.74, 6) is 0.425. The van der Waals surface area contributed by atoms with Gasteiger partial charge in [0.25, 0.3) is 0 Å². The molecule has 1 heterocycles. The number of benzene rings is 1. The molecule has 1 aliphatic heterocycles. The highest BCUT2D eigenvalue weighted by molar-refractivity contribution is 5.85. The van der Waals surface area contributed by atoms with E-state index in [2.05, 4.69) is 46.0 Å². The highest BCUT2D eigenvalue weighted by Gasteiger charge is 2.39. The number of Topliss-reactive ketones (excluding diaryl/α,β-unsaturated/α-hetero) is 1. The van der Waals surface area contributed by atoms with Gasteiger partial charge < -0.3 is 4.48 Å². The highest BCUT2D eigenvalue weighted by atomic mass is 16.1. The first-order valence-corrected chi connectivity index (χ1v) is 7.90. The Bertz CT molecular complexity index is 466. The quantitative estimate of drug-likeness (QED) is 0.752. The molecule has 1 aromatic rings. The zero-order valence-electron chi connectivity index (χ0n) is 13.4. The Labute approximate surface area is 123 Å². The van der Waals surface area contributed by atoms with Crippen LogP contribution in [0.25, 0.3) is 0 Å². The molecule has 0 aliphatic carbocycles. The van der Waals surface area contributed by atoms with E-state index in [-0.39, 0.29) is 6.04 Å². The molecule has 20 heavy (non-hydrogen) atoms. The van der Waals surface area contributed by atoms with Gasteiger partial charge in [-0.3, -0.25) is 4.79 Å². The average Bonchev–Trinajstić information content (AvgIpc) is 2.82. The maximum Gasteiger partial charge on any atom is 0.194 e. The van der Waals surface area contributed by atoms with Gasteiger partial charge in [-0.05, 0) is 30.5 Å². The van der Waals surface area contributed by atoms with Crippen LogP contribution >= 0.6 is 0 Å². The van der Waals surface area contributed by atoms with E-state index in [0.29, 0.717) is 12.2 Å². The number of likely N-dealkylation sites (tertiary alicyclic amines) is 1. The smallest absolute Gasteiger partial charge is 0.194 e. The van der Waals surface area contributed by atoms with E-state index in [1.165, 1.54) is 29.5 Å². The first-order chi connectivity index (χ1) is 9.48. The van der Waals surface area contributed by atoms with Gasteiger partial charge in [0.2, 0.25) is 0 Å². The van der Waals surface area contributed by atoms with Crippen molar-refractivity contribution < 1.29 is 9.28 Å². The van der Waals surface area contributed by atoms with E-state index < -0.39 is 0 Å². The summed E-state index contributed by atoms with van der Waals surface area (Å²) in [6, 6.07) is 6.48. The summed E-state index contributed by atoms with van der Waals surface area (Å²) >= 11 is 0. The minimum atomic E-state index is 0.177. The molecule has 0 radical (unpaired) electrons. The Hall–Kier alpha value is -1.15. The Morgan fingerprint density at radius 1 is 1.20 bits per heavy atom. The molecular weight excluding hydrogens is 246 g/mol. The highest BCUT2D eigenvalue weighted by Crippen LogP contribution is 2.25. The van der Waals surface area contributed by atoms with Crippen molar-refractivity contribution in [3.63, 3.8) is 0 Å². The third-order valence-corrected chi connectivity index (χ3v) is 5.09.